The van der Waals surface area contributed by atoms with Crippen molar-refractivity contribution in [3.63, 3.8) is 0 Å². The lowest BCUT2D eigenvalue weighted by atomic mass is 10.0. The number of benzene rings is 2. The molecule has 0 radical (unpaired) electrons. The molecule has 1 unspecified atom stereocenters. The first-order valence-corrected chi connectivity index (χ1v) is 9.63. The van der Waals surface area contributed by atoms with Crippen molar-refractivity contribution in [2.75, 3.05) is 10.6 Å². The van der Waals surface area contributed by atoms with E-state index in [0.717, 1.165) is 18.2 Å². The fraction of sp³-hybridized carbons (Fsp3) is 0.286. The molecule has 0 aliphatic carbocycles. The summed E-state index contributed by atoms with van der Waals surface area (Å²) < 4.78 is 39.3. The largest absolute Gasteiger partial charge is 0.416 e. The maximum absolute atomic E-state index is 13.1. The van der Waals surface area contributed by atoms with Crippen LogP contribution in [0, 0.1) is 5.92 Å². The fourth-order valence-corrected chi connectivity index (χ4v) is 2.95. The summed E-state index contributed by atoms with van der Waals surface area (Å²) in [5, 5.41) is 7.50. The van der Waals surface area contributed by atoms with E-state index in [2.05, 4.69) is 16.0 Å². The highest BCUT2D eigenvalue weighted by Gasteiger charge is 2.32. The Kier molecular flexibility index (Phi) is 7.67. The van der Waals surface area contributed by atoms with Crippen LogP contribution in [0.2, 0.25) is 5.02 Å². The van der Waals surface area contributed by atoms with Gasteiger partial charge in [0.15, 0.2) is 0 Å². The molecule has 6 nitrogen and oxygen atoms in total. The van der Waals surface area contributed by atoms with E-state index in [1.807, 2.05) is 0 Å². The van der Waals surface area contributed by atoms with Crippen LogP contribution in [0.4, 0.5) is 24.5 Å². The minimum atomic E-state index is -4.65. The van der Waals surface area contributed by atoms with Crippen molar-refractivity contribution in [1.29, 1.82) is 0 Å². The van der Waals surface area contributed by atoms with Crippen molar-refractivity contribution in [3.8, 4) is 0 Å². The molecule has 0 saturated heterocycles. The molecule has 31 heavy (non-hydrogen) atoms. The monoisotopic (exact) mass is 455 g/mol. The molecule has 3 N–H and O–H groups in total. The Morgan fingerprint density at radius 2 is 1.61 bits per heavy atom. The second-order valence-electron chi connectivity index (χ2n) is 7.10. The molecule has 0 spiro atoms. The van der Waals surface area contributed by atoms with Crippen molar-refractivity contribution in [1.82, 2.24) is 5.32 Å². The highest BCUT2D eigenvalue weighted by Crippen LogP contribution is 2.34. The summed E-state index contributed by atoms with van der Waals surface area (Å²) in [7, 11) is 0. The molecule has 3 amide bonds. The zero-order valence-corrected chi connectivity index (χ0v) is 17.7. The van der Waals surface area contributed by atoms with E-state index < -0.39 is 41.4 Å². The Balaban J connectivity index is 2.32. The third-order valence-corrected chi connectivity index (χ3v) is 4.60. The van der Waals surface area contributed by atoms with E-state index in [1.54, 1.807) is 26.0 Å². The van der Waals surface area contributed by atoms with Gasteiger partial charge in [-0.25, -0.2) is 0 Å². The summed E-state index contributed by atoms with van der Waals surface area (Å²) in [5.74, 6) is -2.28. The lowest BCUT2D eigenvalue weighted by molar-refractivity contribution is -0.137. The van der Waals surface area contributed by atoms with Gasteiger partial charge in [0.05, 0.1) is 27.5 Å². The molecule has 0 fully saturated rings. The standard InChI is InChI=1S/C21H21ClF3N3O3/c1-11(2)18(28-19(30)14-6-4-5-7-15(14)22)20(31)27-17-10-13(21(23,24)25)8-9-16(17)26-12(3)29/h4-11,18H,1-3H3,(H,26,29)(H,27,31)(H,28,30). The molecule has 0 heterocycles. The van der Waals surface area contributed by atoms with Crippen LogP contribution >= 0.6 is 11.6 Å². The number of rotatable bonds is 6. The number of carbonyl (C=O) groups excluding carboxylic acids is 3. The van der Waals surface area contributed by atoms with Crippen LogP contribution in [0.5, 0.6) is 0 Å². The first-order chi connectivity index (χ1) is 14.4. The van der Waals surface area contributed by atoms with Gasteiger partial charge >= 0.3 is 6.18 Å². The van der Waals surface area contributed by atoms with Crippen LogP contribution in [-0.4, -0.2) is 23.8 Å². The summed E-state index contributed by atoms with van der Waals surface area (Å²) in [6.45, 7) is 4.51. The van der Waals surface area contributed by atoms with Gasteiger partial charge in [0.2, 0.25) is 11.8 Å². The molecule has 2 rings (SSSR count). The zero-order chi connectivity index (χ0) is 23.3. The molecule has 2 aromatic carbocycles. The summed E-state index contributed by atoms with van der Waals surface area (Å²) in [5.41, 5.74) is -1.10. The normalized spacial score (nSPS) is 12.3. The molecule has 0 bridgehead atoms. The number of halogens is 4. The minimum absolute atomic E-state index is 0.00575. The van der Waals surface area contributed by atoms with Crippen molar-refractivity contribution in [2.45, 2.75) is 33.0 Å². The molecule has 10 heteroatoms. The van der Waals surface area contributed by atoms with Crippen molar-refractivity contribution in [2.24, 2.45) is 5.92 Å². The van der Waals surface area contributed by atoms with Gasteiger partial charge in [-0.05, 0) is 36.2 Å². The van der Waals surface area contributed by atoms with E-state index in [4.69, 9.17) is 11.6 Å². The van der Waals surface area contributed by atoms with Crippen molar-refractivity contribution < 1.29 is 27.6 Å². The fourth-order valence-electron chi connectivity index (χ4n) is 2.73. The molecule has 2 aromatic rings. The van der Waals surface area contributed by atoms with Crippen LogP contribution in [0.3, 0.4) is 0 Å². The Morgan fingerprint density at radius 1 is 0.968 bits per heavy atom. The van der Waals surface area contributed by atoms with Gasteiger partial charge < -0.3 is 16.0 Å². The Morgan fingerprint density at radius 3 is 2.16 bits per heavy atom. The number of anilines is 2. The average molecular weight is 456 g/mol. The zero-order valence-electron chi connectivity index (χ0n) is 16.9. The van der Waals surface area contributed by atoms with Gasteiger partial charge in [0.25, 0.3) is 5.91 Å². The Hall–Kier alpha value is -3.07. The average Bonchev–Trinajstić information content (AvgIpc) is 2.66. The van der Waals surface area contributed by atoms with Gasteiger partial charge in [-0.15, -0.1) is 0 Å². The topological polar surface area (TPSA) is 87.3 Å². The molecule has 166 valence electrons. The van der Waals surface area contributed by atoms with E-state index >= 15 is 0 Å². The smallest absolute Gasteiger partial charge is 0.340 e. The number of amides is 3. The number of hydrogen-bond acceptors (Lipinski definition) is 3. The molecule has 0 aliphatic heterocycles. The molecular formula is C21H21ClF3N3O3. The highest BCUT2D eigenvalue weighted by atomic mass is 35.5. The lowest BCUT2D eigenvalue weighted by Crippen LogP contribution is -2.47. The minimum Gasteiger partial charge on any atom is -0.340 e. The van der Waals surface area contributed by atoms with Gasteiger partial charge in [-0.3, -0.25) is 14.4 Å². The van der Waals surface area contributed by atoms with E-state index in [9.17, 15) is 27.6 Å². The van der Waals surface area contributed by atoms with Crippen molar-refractivity contribution in [3.05, 3.63) is 58.6 Å². The highest BCUT2D eigenvalue weighted by molar-refractivity contribution is 6.33. The van der Waals surface area contributed by atoms with E-state index in [1.165, 1.54) is 19.1 Å². The number of hydrogen-bond donors (Lipinski definition) is 3. The van der Waals surface area contributed by atoms with Crippen LogP contribution < -0.4 is 16.0 Å². The van der Waals surface area contributed by atoms with Gasteiger partial charge in [0.1, 0.15) is 6.04 Å². The van der Waals surface area contributed by atoms with Crippen LogP contribution in [0.15, 0.2) is 42.5 Å². The summed E-state index contributed by atoms with van der Waals surface area (Å²) in [6, 6.07) is 7.72. The van der Waals surface area contributed by atoms with Gasteiger partial charge in [-0.2, -0.15) is 13.2 Å². The maximum Gasteiger partial charge on any atom is 0.416 e. The quantitative estimate of drug-likeness (QED) is 0.589. The Bertz CT molecular complexity index is 993. The molecule has 0 aliphatic rings. The molecular weight excluding hydrogens is 435 g/mol. The third kappa shape index (κ3) is 6.45. The summed E-state index contributed by atoms with van der Waals surface area (Å²) >= 11 is 6.01. The molecule has 0 aromatic heterocycles. The lowest BCUT2D eigenvalue weighted by Gasteiger charge is -2.23. The predicted molar refractivity (Wildman–Crippen MR) is 112 cm³/mol. The number of alkyl halides is 3. The Labute approximate surface area is 182 Å². The first kappa shape index (κ1) is 24.2. The van der Waals surface area contributed by atoms with E-state index in [-0.39, 0.29) is 22.0 Å². The van der Waals surface area contributed by atoms with E-state index in [0.29, 0.717) is 0 Å². The van der Waals surface area contributed by atoms with Crippen LogP contribution in [0.25, 0.3) is 0 Å². The second-order valence-corrected chi connectivity index (χ2v) is 7.51. The number of nitrogens with one attached hydrogen (secondary N) is 3. The van der Waals surface area contributed by atoms with Crippen LogP contribution in [0.1, 0.15) is 36.7 Å². The first-order valence-electron chi connectivity index (χ1n) is 9.25. The van der Waals surface area contributed by atoms with Gasteiger partial charge in [-0.1, -0.05) is 37.6 Å². The van der Waals surface area contributed by atoms with Crippen LogP contribution in [-0.2, 0) is 15.8 Å². The number of carbonyl (C=O) groups is 3. The SMILES string of the molecule is CC(=O)Nc1ccc(C(F)(F)F)cc1NC(=O)C(NC(=O)c1ccccc1Cl)C(C)C. The maximum atomic E-state index is 13.1. The van der Waals surface area contributed by atoms with Crippen molar-refractivity contribution >= 4 is 40.7 Å². The predicted octanol–water partition coefficient (Wildman–Crippen LogP) is 4.71. The third-order valence-electron chi connectivity index (χ3n) is 4.27. The molecule has 1 atom stereocenters. The summed E-state index contributed by atoms with van der Waals surface area (Å²) in [4.78, 5) is 36.8. The second kappa shape index (κ2) is 9.82. The van der Waals surface area contributed by atoms with Gasteiger partial charge in [0, 0.05) is 6.92 Å². The summed E-state index contributed by atoms with van der Waals surface area (Å²) in [6.07, 6.45) is -4.65. The molecule has 0 saturated carbocycles.